The third kappa shape index (κ3) is 16.9. The number of alkyl carbamates (subject to hydrolysis) is 1. The summed E-state index contributed by atoms with van der Waals surface area (Å²) in [7, 11) is 0. The fourth-order valence-electron chi connectivity index (χ4n) is 1.75. The van der Waals surface area contributed by atoms with Gasteiger partial charge >= 0.3 is 12.1 Å². The lowest BCUT2D eigenvalue weighted by Gasteiger charge is -2.19. The first-order chi connectivity index (χ1) is 10.5. The van der Waals surface area contributed by atoms with E-state index in [-0.39, 0.29) is 12.1 Å². The number of hydrogen-bond donors (Lipinski definition) is 2. The lowest BCUT2D eigenvalue weighted by Crippen LogP contribution is -2.34. The molecule has 0 heterocycles. The molecule has 0 unspecified atom stereocenters. The van der Waals surface area contributed by atoms with E-state index in [1.54, 1.807) is 0 Å². The molecular weight excluding hydrogens is 296 g/mol. The highest BCUT2D eigenvalue weighted by Gasteiger charge is 2.16. The fourth-order valence-corrected chi connectivity index (χ4v) is 1.75. The number of rotatable bonds is 9. The van der Waals surface area contributed by atoms with Crippen molar-refractivity contribution in [2.75, 3.05) is 19.6 Å². The largest absolute Gasteiger partial charge is 0.460 e. The van der Waals surface area contributed by atoms with E-state index in [2.05, 4.69) is 10.6 Å². The van der Waals surface area contributed by atoms with Crippen molar-refractivity contribution in [2.45, 2.75) is 78.4 Å². The van der Waals surface area contributed by atoms with Crippen LogP contribution in [0.2, 0.25) is 0 Å². The van der Waals surface area contributed by atoms with Crippen molar-refractivity contribution in [1.29, 1.82) is 0 Å². The van der Waals surface area contributed by atoms with Crippen LogP contribution in [0.25, 0.3) is 0 Å². The van der Waals surface area contributed by atoms with Crippen molar-refractivity contribution in [3.63, 3.8) is 0 Å². The first-order valence-electron chi connectivity index (χ1n) is 8.39. The van der Waals surface area contributed by atoms with E-state index in [0.717, 1.165) is 32.4 Å². The first kappa shape index (κ1) is 21.7. The molecule has 0 radical (unpaired) electrons. The molecule has 6 heteroatoms. The normalized spacial score (nSPS) is 11.9. The Labute approximate surface area is 140 Å². The number of amides is 1. The Balaban J connectivity index is 3.41. The summed E-state index contributed by atoms with van der Waals surface area (Å²) >= 11 is 0. The van der Waals surface area contributed by atoms with Crippen LogP contribution in [0, 0.1) is 0 Å². The zero-order chi connectivity index (χ0) is 17.9. The summed E-state index contributed by atoms with van der Waals surface area (Å²) in [6.45, 7) is 13.4. The van der Waals surface area contributed by atoms with Gasteiger partial charge in [-0.1, -0.05) is 0 Å². The lowest BCUT2D eigenvalue weighted by molar-refractivity contribution is -0.154. The van der Waals surface area contributed by atoms with Crippen molar-refractivity contribution < 1.29 is 19.1 Å². The van der Waals surface area contributed by atoms with Gasteiger partial charge in [0.15, 0.2) is 0 Å². The van der Waals surface area contributed by atoms with E-state index in [4.69, 9.17) is 9.47 Å². The van der Waals surface area contributed by atoms with Crippen LogP contribution >= 0.6 is 0 Å². The summed E-state index contributed by atoms with van der Waals surface area (Å²) in [6.07, 6.45) is 2.66. The Kier molecular flexibility index (Phi) is 9.88. The van der Waals surface area contributed by atoms with Crippen LogP contribution in [0.5, 0.6) is 0 Å². The van der Waals surface area contributed by atoms with Crippen molar-refractivity contribution >= 4 is 12.1 Å². The number of carbonyl (C=O) groups is 2. The quantitative estimate of drug-likeness (QED) is 0.502. The molecule has 0 saturated heterocycles. The molecule has 0 aliphatic carbocycles. The molecule has 0 aromatic carbocycles. The molecule has 0 aromatic rings. The van der Waals surface area contributed by atoms with Crippen molar-refractivity contribution in [3.05, 3.63) is 0 Å². The second-order valence-corrected chi connectivity index (χ2v) is 7.58. The maximum atomic E-state index is 11.5. The molecule has 1 amide bonds. The predicted molar refractivity (Wildman–Crippen MR) is 91.4 cm³/mol. The minimum absolute atomic E-state index is 0.140. The number of nitrogens with one attached hydrogen (secondary N) is 2. The highest BCUT2D eigenvalue weighted by atomic mass is 16.6. The Morgan fingerprint density at radius 3 is 1.91 bits per heavy atom. The number of unbranched alkanes of at least 4 members (excludes halogenated alkanes) is 1. The van der Waals surface area contributed by atoms with E-state index in [1.165, 1.54) is 0 Å². The second-order valence-electron chi connectivity index (χ2n) is 7.58. The van der Waals surface area contributed by atoms with Crippen LogP contribution in [-0.2, 0) is 14.3 Å². The third-order valence-corrected chi connectivity index (χ3v) is 2.60. The number of carbonyl (C=O) groups excluding carboxylic acids is 2. The Morgan fingerprint density at radius 1 is 0.783 bits per heavy atom. The molecule has 0 saturated carbocycles. The zero-order valence-corrected chi connectivity index (χ0v) is 15.6. The molecule has 136 valence electrons. The van der Waals surface area contributed by atoms with Gasteiger partial charge in [-0.2, -0.15) is 0 Å². The van der Waals surface area contributed by atoms with E-state index in [0.29, 0.717) is 13.0 Å². The van der Waals surface area contributed by atoms with E-state index >= 15 is 0 Å². The molecule has 0 fully saturated rings. The van der Waals surface area contributed by atoms with Gasteiger partial charge in [0.05, 0.1) is 0 Å². The first-order valence-corrected chi connectivity index (χ1v) is 8.39. The smallest absolute Gasteiger partial charge is 0.407 e. The predicted octanol–water partition coefficient (Wildman–Crippen LogP) is 3.00. The molecule has 23 heavy (non-hydrogen) atoms. The molecule has 0 atom stereocenters. The molecule has 0 spiro atoms. The van der Waals surface area contributed by atoms with E-state index in [1.807, 2.05) is 41.5 Å². The van der Waals surface area contributed by atoms with Crippen molar-refractivity contribution in [3.8, 4) is 0 Å². The van der Waals surface area contributed by atoms with Crippen LogP contribution in [0.1, 0.15) is 67.2 Å². The van der Waals surface area contributed by atoms with Gasteiger partial charge in [-0.15, -0.1) is 0 Å². The van der Waals surface area contributed by atoms with Crippen LogP contribution < -0.4 is 10.6 Å². The van der Waals surface area contributed by atoms with Gasteiger partial charge in [0, 0.05) is 13.0 Å². The van der Waals surface area contributed by atoms with Gasteiger partial charge in [-0.25, -0.2) is 4.79 Å². The Hall–Kier alpha value is -1.30. The van der Waals surface area contributed by atoms with Crippen LogP contribution in [-0.4, -0.2) is 42.9 Å². The maximum absolute atomic E-state index is 11.5. The molecule has 0 rings (SSSR count). The minimum Gasteiger partial charge on any atom is -0.460 e. The SMILES string of the molecule is CC(C)(C)OC(=O)CCCCNCCCNC(=O)OC(C)(C)C. The molecular formula is C17H34N2O4. The molecule has 0 aliphatic heterocycles. The second kappa shape index (κ2) is 10.5. The lowest BCUT2D eigenvalue weighted by atomic mass is 10.2. The molecule has 0 bridgehead atoms. The fraction of sp³-hybridized carbons (Fsp3) is 0.882. The maximum Gasteiger partial charge on any atom is 0.407 e. The topological polar surface area (TPSA) is 76.7 Å². The number of hydrogen-bond acceptors (Lipinski definition) is 5. The Bertz CT molecular complexity index is 323. The minimum atomic E-state index is -0.462. The van der Waals surface area contributed by atoms with E-state index < -0.39 is 11.2 Å². The highest BCUT2D eigenvalue weighted by molar-refractivity contribution is 5.69. The van der Waals surface area contributed by atoms with Gasteiger partial charge in [0.2, 0.25) is 0 Å². The standard InChI is InChI=1S/C17H34N2O4/c1-16(2,3)22-14(20)10-7-8-11-18-12-9-13-19-15(21)23-17(4,5)6/h18H,7-13H2,1-6H3,(H,19,21). The molecule has 0 aromatic heterocycles. The van der Waals surface area contributed by atoms with Crippen LogP contribution in [0.15, 0.2) is 0 Å². The van der Waals surface area contributed by atoms with Crippen molar-refractivity contribution in [2.24, 2.45) is 0 Å². The summed E-state index contributed by atoms with van der Waals surface area (Å²) in [4.78, 5) is 22.9. The van der Waals surface area contributed by atoms with Gasteiger partial charge in [0.25, 0.3) is 0 Å². The monoisotopic (exact) mass is 330 g/mol. The van der Waals surface area contributed by atoms with Crippen LogP contribution in [0.4, 0.5) is 4.79 Å². The summed E-state index contributed by atoms with van der Waals surface area (Å²) < 4.78 is 10.4. The Morgan fingerprint density at radius 2 is 1.35 bits per heavy atom. The average Bonchev–Trinajstić information content (AvgIpc) is 2.32. The van der Waals surface area contributed by atoms with Gasteiger partial charge < -0.3 is 20.1 Å². The molecule has 2 N–H and O–H groups in total. The highest BCUT2D eigenvalue weighted by Crippen LogP contribution is 2.09. The van der Waals surface area contributed by atoms with E-state index in [9.17, 15) is 9.59 Å². The summed E-state index contributed by atoms with van der Waals surface area (Å²) in [6, 6.07) is 0. The molecule has 0 aliphatic rings. The van der Waals surface area contributed by atoms with Gasteiger partial charge in [-0.05, 0) is 73.9 Å². The van der Waals surface area contributed by atoms with Gasteiger partial charge in [-0.3, -0.25) is 4.79 Å². The third-order valence-electron chi connectivity index (χ3n) is 2.60. The van der Waals surface area contributed by atoms with Crippen molar-refractivity contribution in [1.82, 2.24) is 10.6 Å². The summed E-state index contributed by atoms with van der Waals surface area (Å²) in [5.74, 6) is -0.140. The number of esters is 1. The summed E-state index contributed by atoms with van der Waals surface area (Å²) in [5, 5.41) is 6.00. The summed E-state index contributed by atoms with van der Waals surface area (Å²) in [5.41, 5.74) is -0.868. The zero-order valence-electron chi connectivity index (χ0n) is 15.6. The molecule has 6 nitrogen and oxygen atoms in total. The number of ether oxygens (including phenoxy) is 2. The average molecular weight is 330 g/mol. The van der Waals surface area contributed by atoms with Crippen LogP contribution in [0.3, 0.4) is 0 Å². The van der Waals surface area contributed by atoms with Gasteiger partial charge in [0.1, 0.15) is 11.2 Å².